The number of esters is 1. The van der Waals surface area contributed by atoms with Crippen LogP contribution in [0.5, 0.6) is 0 Å². The first-order valence-corrected chi connectivity index (χ1v) is 8.62. The van der Waals surface area contributed by atoms with Gasteiger partial charge < -0.3 is 15.0 Å². The molecule has 6 heteroatoms. The van der Waals surface area contributed by atoms with Gasteiger partial charge in [0, 0.05) is 15.4 Å². The highest BCUT2D eigenvalue weighted by Crippen LogP contribution is 2.22. The van der Waals surface area contributed by atoms with Crippen LogP contribution in [0.1, 0.15) is 29.0 Å². The monoisotopic (exact) mass is 400 g/mol. The highest BCUT2D eigenvalue weighted by molar-refractivity contribution is 9.10. The highest BCUT2D eigenvalue weighted by Gasteiger charge is 2.15. The van der Waals surface area contributed by atoms with Gasteiger partial charge in [-0.1, -0.05) is 52.3 Å². The van der Waals surface area contributed by atoms with Crippen molar-refractivity contribution in [2.24, 2.45) is 0 Å². The Bertz CT molecular complexity index is 887. The van der Waals surface area contributed by atoms with E-state index in [2.05, 4.69) is 26.2 Å². The third-order valence-electron chi connectivity index (χ3n) is 3.83. The summed E-state index contributed by atoms with van der Waals surface area (Å²) in [5.41, 5.74) is 2.13. The molecule has 0 saturated heterocycles. The molecular weight excluding hydrogens is 384 g/mol. The number of H-pyrrole nitrogens is 1. The number of aromatic nitrogens is 1. The number of hydrogen-bond donors (Lipinski definition) is 2. The van der Waals surface area contributed by atoms with Crippen molar-refractivity contribution in [2.45, 2.75) is 13.0 Å². The molecule has 3 rings (SSSR count). The minimum Gasteiger partial charge on any atom is -0.451 e. The summed E-state index contributed by atoms with van der Waals surface area (Å²) < 4.78 is 6.01. The molecule has 0 spiro atoms. The lowest BCUT2D eigenvalue weighted by Gasteiger charge is -2.15. The van der Waals surface area contributed by atoms with E-state index in [0.29, 0.717) is 5.69 Å². The van der Waals surface area contributed by atoms with E-state index in [1.807, 2.05) is 55.5 Å². The van der Waals surface area contributed by atoms with Gasteiger partial charge in [0.25, 0.3) is 5.91 Å². The predicted octanol–water partition coefficient (Wildman–Crippen LogP) is 3.96. The lowest BCUT2D eigenvalue weighted by Crippen LogP contribution is -2.31. The average molecular weight is 401 g/mol. The van der Waals surface area contributed by atoms with E-state index in [1.54, 1.807) is 6.07 Å². The molecule has 1 aromatic heterocycles. The maximum Gasteiger partial charge on any atom is 0.355 e. The van der Waals surface area contributed by atoms with Crippen LogP contribution in [-0.2, 0) is 9.53 Å². The SMILES string of the molecule is C[C@H](NC(=O)COC(=O)c1cc2ccccc2[nH]1)c1ccccc1Br. The summed E-state index contributed by atoms with van der Waals surface area (Å²) in [4.78, 5) is 27.1. The highest BCUT2D eigenvalue weighted by atomic mass is 79.9. The minimum atomic E-state index is -0.556. The fourth-order valence-electron chi connectivity index (χ4n) is 2.58. The van der Waals surface area contributed by atoms with E-state index >= 15 is 0 Å². The van der Waals surface area contributed by atoms with Gasteiger partial charge >= 0.3 is 5.97 Å². The van der Waals surface area contributed by atoms with Crippen LogP contribution in [0.15, 0.2) is 59.1 Å². The quantitative estimate of drug-likeness (QED) is 0.636. The van der Waals surface area contributed by atoms with Crippen LogP contribution in [0.2, 0.25) is 0 Å². The maximum absolute atomic E-state index is 12.1. The number of amides is 1. The Kier molecular flexibility index (Phi) is 5.19. The van der Waals surface area contributed by atoms with Crippen LogP contribution in [0.4, 0.5) is 0 Å². The Morgan fingerprint density at radius 1 is 1.16 bits per heavy atom. The molecule has 0 aliphatic heterocycles. The fourth-order valence-corrected chi connectivity index (χ4v) is 3.21. The number of carbonyl (C=O) groups is 2. The number of benzene rings is 2. The zero-order chi connectivity index (χ0) is 17.8. The molecule has 0 aliphatic carbocycles. The van der Waals surface area contributed by atoms with Crippen molar-refractivity contribution in [1.82, 2.24) is 10.3 Å². The van der Waals surface area contributed by atoms with Crippen molar-refractivity contribution >= 4 is 38.7 Å². The van der Waals surface area contributed by atoms with Crippen molar-refractivity contribution in [1.29, 1.82) is 0 Å². The molecule has 0 radical (unpaired) electrons. The van der Waals surface area contributed by atoms with Crippen LogP contribution in [0, 0.1) is 0 Å². The zero-order valence-corrected chi connectivity index (χ0v) is 15.2. The molecule has 25 heavy (non-hydrogen) atoms. The fraction of sp³-hybridized carbons (Fsp3) is 0.158. The van der Waals surface area contributed by atoms with Crippen molar-refractivity contribution in [3.63, 3.8) is 0 Å². The van der Waals surface area contributed by atoms with Gasteiger partial charge in [-0.3, -0.25) is 4.79 Å². The molecule has 2 N–H and O–H groups in total. The largest absolute Gasteiger partial charge is 0.451 e. The molecule has 0 fully saturated rings. The van der Waals surface area contributed by atoms with Gasteiger partial charge in [0.1, 0.15) is 5.69 Å². The number of hydrogen-bond acceptors (Lipinski definition) is 3. The lowest BCUT2D eigenvalue weighted by atomic mass is 10.1. The summed E-state index contributed by atoms with van der Waals surface area (Å²) in [6.45, 7) is 1.54. The van der Waals surface area contributed by atoms with Crippen molar-refractivity contribution in [3.8, 4) is 0 Å². The van der Waals surface area contributed by atoms with Gasteiger partial charge in [-0.15, -0.1) is 0 Å². The van der Waals surface area contributed by atoms with E-state index in [-0.39, 0.29) is 18.6 Å². The Balaban J connectivity index is 1.56. The smallest absolute Gasteiger partial charge is 0.355 e. The van der Waals surface area contributed by atoms with E-state index in [0.717, 1.165) is 20.9 Å². The van der Waals surface area contributed by atoms with E-state index in [4.69, 9.17) is 4.74 Å². The standard InChI is InChI=1S/C19H17BrN2O3/c1-12(14-7-3-4-8-15(14)20)21-18(23)11-25-19(24)17-10-13-6-2-5-9-16(13)22-17/h2-10,12,22H,11H2,1H3,(H,21,23)/t12-/m0/s1. The van der Waals surface area contributed by atoms with Gasteiger partial charge in [0.15, 0.2) is 6.61 Å². The number of nitrogens with one attached hydrogen (secondary N) is 2. The van der Waals surface area contributed by atoms with Crippen molar-refractivity contribution in [3.05, 3.63) is 70.3 Å². The third kappa shape index (κ3) is 4.09. The predicted molar refractivity (Wildman–Crippen MR) is 99.3 cm³/mol. The molecule has 5 nitrogen and oxygen atoms in total. The van der Waals surface area contributed by atoms with Gasteiger partial charge in [0.05, 0.1) is 6.04 Å². The minimum absolute atomic E-state index is 0.199. The number of ether oxygens (including phenoxy) is 1. The van der Waals surface area contributed by atoms with Crippen LogP contribution >= 0.6 is 15.9 Å². The molecule has 0 saturated carbocycles. The molecule has 1 heterocycles. The molecule has 2 aromatic carbocycles. The van der Waals surface area contributed by atoms with Crippen molar-refractivity contribution < 1.29 is 14.3 Å². The molecule has 0 aliphatic rings. The van der Waals surface area contributed by atoms with Gasteiger partial charge in [0.2, 0.25) is 0 Å². The first kappa shape index (κ1) is 17.2. The second kappa shape index (κ2) is 7.53. The Morgan fingerprint density at radius 2 is 1.88 bits per heavy atom. The summed E-state index contributed by atoms with van der Waals surface area (Å²) >= 11 is 3.46. The molecule has 3 aromatic rings. The number of aromatic amines is 1. The Hall–Kier alpha value is -2.60. The Labute approximate surface area is 153 Å². The number of carbonyl (C=O) groups excluding carboxylic acids is 2. The van der Waals surface area contributed by atoms with E-state index < -0.39 is 5.97 Å². The van der Waals surface area contributed by atoms with Gasteiger partial charge in [-0.05, 0) is 30.7 Å². The summed E-state index contributed by atoms with van der Waals surface area (Å²) in [6.07, 6.45) is 0. The molecule has 1 atom stereocenters. The summed E-state index contributed by atoms with van der Waals surface area (Å²) in [5, 5.41) is 3.73. The zero-order valence-electron chi connectivity index (χ0n) is 13.6. The summed E-state index contributed by atoms with van der Waals surface area (Å²) in [5.74, 6) is -0.910. The molecular formula is C19H17BrN2O3. The molecule has 0 unspecified atom stereocenters. The maximum atomic E-state index is 12.1. The second-order valence-corrected chi connectivity index (χ2v) is 6.51. The van der Waals surface area contributed by atoms with Crippen LogP contribution in [0.25, 0.3) is 10.9 Å². The number of fused-ring (bicyclic) bond motifs is 1. The first-order valence-electron chi connectivity index (χ1n) is 7.83. The number of para-hydroxylation sites is 1. The molecule has 128 valence electrons. The van der Waals surface area contributed by atoms with E-state index in [1.165, 1.54) is 0 Å². The summed E-state index contributed by atoms with van der Waals surface area (Å²) in [6, 6.07) is 16.7. The van der Waals surface area contributed by atoms with Crippen LogP contribution in [-0.4, -0.2) is 23.5 Å². The van der Waals surface area contributed by atoms with Gasteiger partial charge in [-0.25, -0.2) is 4.79 Å². The van der Waals surface area contributed by atoms with Crippen LogP contribution < -0.4 is 5.32 Å². The van der Waals surface area contributed by atoms with Crippen molar-refractivity contribution in [2.75, 3.05) is 6.61 Å². The normalized spacial score (nSPS) is 11.9. The van der Waals surface area contributed by atoms with E-state index in [9.17, 15) is 9.59 Å². The van der Waals surface area contributed by atoms with Crippen LogP contribution in [0.3, 0.4) is 0 Å². The number of rotatable bonds is 5. The second-order valence-electron chi connectivity index (χ2n) is 5.66. The Morgan fingerprint density at radius 3 is 2.64 bits per heavy atom. The topological polar surface area (TPSA) is 71.2 Å². The lowest BCUT2D eigenvalue weighted by molar-refractivity contribution is -0.124. The third-order valence-corrected chi connectivity index (χ3v) is 4.56. The average Bonchev–Trinajstić information content (AvgIpc) is 3.04. The molecule has 0 bridgehead atoms. The molecule has 1 amide bonds. The number of halogens is 1. The van der Waals surface area contributed by atoms with Gasteiger partial charge in [-0.2, -0.15) is 0 Å². The first-order chi connectivity index (χ1) is 12.0. The summed E-state index contributed by atoms with van der Waals surface area (Å²) in [7, 11) is 0.